The van der Waals surface area contributed by atoms with Gasteiger partial charge in [-0.15, -0.1) is 0 Å². The van der Waals surface area contributed by atoms with Crippen LogP contribution in [0.1, 0.15) is 18.1 Å². The van der Waals surface area contributed by atoms with Gasteiger partial charge in [0.2, 0.25) is 0 Å². The summed E-state index contributed by atoms with van der Waals surface area (Å²) in [5.74, 6) is -0.605. The lowest BCUT2D eigenvalue weighted by Crippen LogP contribution is -2.23. The van der Waals surface area contributed by atoms with Gasteiger partial charge in [-0.05, 0) is 49.4 Å². The summed E-state index contributed by atoms with van der Waals surface area (Å²) >= 11 is 4.91. The number of hydrogen-bond acceptors (Lipinski definition) is 2. The Kier molecular flexibility index (Phi) is 4.85. The minimum Gasteiger partial charge on any atom is -0.389 e. The predicted octanol–water partition coefficient (Wildman–Crippen LogP) is 3.63. The molecule has 0 unspecified atom stereocenters. The van der Waals surface area contributed by atoms with Crippen molar-refractivity contribution in [2.75, 3.05) is 11.4 Å². The van der Waals surface area contributed by atoms with Crippen molar-refractivity contribution in [1.82, 2.24) is 0 Å². The first-order valence-electron chi connectivity index (χ1n) is 6.60. The van der Waals surface area contributed by atoms with E-state index < -0.39 is 0 Å². The summed E-state index contributed by atoms with van der Waals surface area (Å²) in [6, 6.07) is 10.7. The van der Waals surface area contributed by atoms with Crippen molar-refractivity contribution >= 4 is 22.9 Å². The minimum absolute atomic E-state index is 0.237. The molecule has 0 fully saturated rings. The van der Waals surface area contributed by atoms with E-state index in [1.165, 1.54) is 18.2 Å². The molecule has 0 atom stereocenters. The SMILES string of the molecule is CCN(Cc1cc(C(N)=S)ccc1F)c1ccc(F)cc1. The Morgan fingerprint density at radius 1 is 1.14 bits per heavy atom. The van der Waals surface area contributed by atoms with Gasteiger partial charge in [0.05, 0.1) is 0 Å². The highest BCUT2D eigenvalue weighted by molar-refractivity contribution is 7.80. The smallest absolute Gasteiger partial charge is 0.128 e. The first kappa shape index (κ1) is 15.4. The summed E-state index contributed by atoms with van der Waals surface area (Å²) in [6.45, 7) is 2.99. The number of benzene rings is 2. The lowest BCUT2D eigenvalue weighted by Gasteiger charge is -2.23. The average molecular weight is 306 g/mol. The van der Waals surface area contributed by atoms with Crippen LogP contribution in [0.25, 0.3) is 0 Å². The van der Waals surface area contributed by atoms with E-state index in [0.717, 1.165) is 5.69 Å². The number of anilines is 1. The quantitative estimate of drug-likeness (QED) is 0.855. The number of rotatable bonds is 5. The molecule has 0 aromatic heterocycles. The van der Waals surface area contributed by atoms with Gasteiger partial charge < -0.3 is 10.6 Å². The maximum absolute atomic E-state index is 13.9. The number of halogens is 2. The molecule has 21 heavy (non-hydrogen) atoms. The van der Waals surface area contributed by atoms with Crippen LogP contribution >= 0.6 is 12.2 Å². The van der Waals surface area contributed by atoms with Crippen LogP contribution in [0.4, 0.5) is 14.5 Å². The van der Waals surface area contributed by atoms with E-state index in [-0.39, 0.29) is 16.6 Å². The molecule has 2 N–H and O–H groups in total. The Labute approximate surface area is 128 Å². The van der Waals surface area contributed by atoms with Crippen molar-refractivity contribution in [1.29, 1.82) is 0 Å². The fraction of sp³-hybridized carbons (Fsp3) is 0.188. The van der Waals surface area contributed by atoms with E-state index in [4.69, 9.17) is 18.0 Å². The Hall–Kier alpha value is -2.01. The summed E-state index contributed by atoms with van der Waals surface area (Å²) in [7, 11) is 0. The Morgan fingerprint density at radius 3 is 2.38 bits per heavy atom. The van der Waals surface area contributed by atoms with E-state index in [9.17, 15) is 8.78 Å². The number of nitrogens with two attached hydrogens (primary N) is 1. The third-order valence-corrected chi connectivity index (χ3v) is 3.50. The Morgan fingerprint density at radius 2 is 1.81 bits per heavy atom. The lowest BCUT2D eigenvalue weighted by atomic mass is 10.1. The van der Waals surface area contributed by atoms with Crippen molar-refractivity contribution < 1.29 is 8.78 Å². The molecule has 2 rings (SSSR count). The zero-order valence-electron chi connectivity index (χ0n) is 11.6. The van der Waals surface area contributed by atoms with Crippen LogP contribution in [0.3, 0.4) is 0 Å². The van der Waals surface area contributed by atoms with Gasteiger partial charge in [0.1, 0.15) is 16.6 Å². The van der Waals surface area contributed by atoms with Gasteiger partial charge in [0.15, 0.2) is 0 Å². The van der Waals surface area contributed by atoms with Crippen LogP contribution < -0.4 is 10.6 Å². The molecular weight excluding hydrogens is 290 g/mol. The monoisotopic (exact) mass is 306 g/mol. The highest BCUT2D eigenvalue weighted by atomic mass is 32.1. The predicted molar refractivity (Wildman–Crippen MR) is 85.4 cm³/mol. The molecule has 0 amide bonds. The van der Waals surface area contributed by atoms with E-state index >= 15 is 0 Å². The van der Waals surface area contributed by atoms with E-state index in [2.05, 4.69) is 0 Å². The highest BCUT2D eigenvalue weighted by Gasteiger charge is 2.11. The first-order valence-corrected chi connectivity index (χ1v) is 7.01. The number of thiocarbonyl (C=S) groups is 1. The number of nitrogens with zero attached hydrogens (tertiary/aromatic N) is 1. The molecule has 0 aliphatic heterocycles. The van der Waals surface area contributed by atoms with Gasteiger partial charge in [-0.1, -0.05) is 12.2 Å². The second-order valence-electron chi connectivity index (χ2n) is 4.66. The fourth-order valence-corrected chi connectivity index (χ4v) is 2.22. The van der Waals surface area contributed by atoms with Crippen molar-refractivity contribution in [3.05, 3.63) is 65.2 Å². The van der Waals surface area contributed by atoms with Gasteiger partial charge in [0, 0.05) is 29.9 Å². The zero-order chi connectivity index (χ0) is 15.4. The maximum atomic E-state index is 13.9. The van der Waals surface area contributed by atoms with Crippen molar-refractivity contribution in [3.63, 3.8) is 0 Å². The van der Waals surface area contributed by atoms with Crippen molar-refractivity contribution in [2.45, 2.75) is 13.5 Å². The van der Waals surface area contributed by atoms with Crippen molar-refractivity contribution in [3.8, 4) is 0 Å². The second kappa shape index (κ2) is 6.63. The third kappa shape index (κ3) is 3.76. The molecule has 0 spiro atoms. The molecule has 0 aliphatic carbocycles. The molecule has 0 aliphatic rings. The van der Waals surface area contributed by atoms with E-state index in [0.29, 0.717) is 24.2 Å². The van der Waals surface area contributed by atoms with Gasteiger partial charge >= 0.3 is 0 Å². The molecule has 0 saturated heterocycles. The van der Waals surface area contributed by atoms with Gasteiger partial charge in [-0.25, -0.2) is 8.78 Å². The molecule has 2 nitrogen and oxygen atoms in total. The molecular formula is C16H16F2N2S. The molecule has 0 heterocycles. The maximum Gasteiger partial charge on any atom is 0.128 e. The van der Waals surface area contributed by atoms with Crippen LogP contribution in [-0.4, -0.2) is 11.5 Å². The minimum atomic E-state index is -0.310. The molecule has 5 heteroatoms. The third-order valence-electron chi connectivity index (χ3n) is 3.26. The molecule has 0 radical (unpaired) electrons. The van der Waals surface area contributed by atoms with Crippen LogP contribution in [-0.2, 0) is 6.54 Å². The molecule has 110 valence electrons. The fourth-order valence-electron chi connectivity index (χ4n) is 2.09. The largest absolute Gasteiger partial charge is 0.389 e. The topological polar surface area (TPSA) is 29.3 Å². The van der Waals surface area contributed by atoms with Crippen LogP contribution in [0.5, 0.6) is 0 Å². The van der Waals surface area contributed by atoms with Gasteiger partial charge in [-0.2, -0.15) is 0 Å². The van der Waals surface area contributed by atoms with E-state index in [1.54, 1.807) is 24.3 Å². The van der Waals surface area contributed by atoms with Crippen LogP contribution in [0.15, 0.2) is 42.5 Å². The van der Waals surface area contributed by atoms with Crippen LogP contribution in [0.2, 0.25) is 0 Å². The Bertz CT molecular complexity index is 641. The van der Waals surface area contributed by atoms with Crippen LogP contribution in [0, 0.1) is 11.6 Å². The summed E-state index contributed by atoms with van der Waals surface area (Å²) in [5.41, 5.74) is 7.55. The summed E-state index contributed by atoms with van der Waals surface area (Å²) in [5, 5.41) is 0. The Balaban J connectivity index is 2.28. The molecule has 0 saturated carbocycles. The standard InChI is InChI=1S/C16H16F2N2S/c1-2-20(14-6-4-13(17)5-7-14)10-12-9-11(16(19)21)3-8-15(12)18/h3-9H,2,10H2,1H3,(H2,19,21). The second-order valence-corrected chi connectivity index (χ2v) is 5.10. The van der Waals surface area contributed by atoms with Gasteiger partial charge in [0.25, 0.3) is 0 Å². The normalized spacial score (nSPS) is 10.4. The summed E-state index contributed by atoms with van der Waals surface area (Å²) < 4.78 is 26.9. The van der Waals surface area contributed by atoms with E-state index in [1.807, 2.05) is 11.8 Å². The summed E-state index contributed by atoms with van der Waals surface area (Å²) in [6.07, 6.45) is 0. The summed E-state index contributed by atoms with van der Waals surface area (Å²) in [4.78, 5) is 2.18. The first-order chi connectivity index (χ1) is 10.0. The van der Waals surface area contributed by atoms with Crippen molar-refractivity contribution in [2.24, 2.45) is 5.73 Å². The average Bonchev–Trinajstić information content (AvgIpc) is 2.47. The molecule has 2 aromatic rings. The molecule has 2 aromatic carbocycles. The highest BCUT2D eigenvalue weighted by Crippen LogP contribution is 2.20. The van der Waals surface area contributed by atoms with Gasteiger partial charge in [-0.3, -0.25) is 0 Å². The number of hydrogen-bond donors (Lipinski definition) is 1. The molecule has 0 bridgehead atoms. The lowest BCUT2D eigenvalue weighted by molar-refractivity contribution is 0.604. The zero-order valence-corrected chi connectivity index (χ0v) is 12.5.